The molecule has 8 heteroatoms. The highest BCUT2D eigenvalue weighted by Crippen LogP contribution is 2.34. The Morgan fingerprint density at radius 1 is 0.417 bits per heavy atom. The third-order valence-corrected chi connectivity index (χ3v) is 21.7. The van der Waals surface area contributed by atoms with Gasteiger partial charge in [-0.1, -0.05) is 103 Å². The summed E-state index contributed by atoms with van der Waals surface area (Å²) in [6, 6.07) is 0. The topological polar surface area (TPSA) is 36.9 Å². The van der Waals surface area contributed by atoms with Gasteiger partial charge in [-0.05, 0) is 74.7 Å². The summed E-state index contributed by atoms with van der Waals surface area (Å²) in [5.74, 6) is 0. The summed E-state index contributed by atoms with van der Waals surface area (Å²) < 4.78 is 28.2. The molecule has 0 aromatic rings. The van der Waals surface area contributed by atoms with E-state index in [2.05, 4.69) is 101 Å². The van der Waals surface area contributed by atoms with Gasteiger partial charge in [0.05, 0.1) is 0 Å². The van der Waals surface area contributed by atoms with Crippen molar-refractivity contribution < 1.29 is 16.5 Å². The normalized spacial score (nSPS) is 21.6. The summed E-state index contributed by atoms with van der Waals surface area (Å²) in [7, 11) is -10.8. The third kappa shape index (κ3) is 13.5. The highest BCUT2D eigenvalue weighted by Gasteiger charge is 2.54. The fourth-order valence-electron chi connectivity index (χ4n) is 4.35. The molecule has 1 rings (SSSR count). The summed E-state index contributed by atoms with van der Waals surface area (Å²) in [4.78, 5) is 0. The first kappa shape index (κ1) is 33.7. The van der Waals surface area contributed by atoms with Crippen LogP contribution in [0.1, 0.15) is 105 Å². The molecule has 0 unspecified atom stereocenters. The van der Waals surface area contributed by atoms with E-state index in [4.69, 9.17) is 16.5 Å². The molecule has 0 atom stereocenters. The van der Waals surface area contributed by atoms with Crippen LogP contribution in [-0.4, -0.2) is 34.2 Å². The van der Waals surface area contributed by atoms with Gasteiger partial charge in [-0.25, -0.2) is 0 Å². The van der Waals surface area contributed by atoms with Gasteiger partial charge in [0.25, 0.3) is 0 Å². The van der Waals surface area contributed by atoms with Crippen molar-refractivity contribution in [2.75, 3.05) is 0 Å². The zero-order valence-corrected chi connectivity index (χ0v) is 28.7. The number of hydrogen-bond donors (Lipinski definition) is 0. The van der Waals surface area contributed by atoms with Crippen LogP contribution in [0.3, 0.4) is 0 Å². The van der Waals surface area contributed by atoms with Gasteiger partial charge in [0.1, 0.15) is 0 Å². The van der Waals surface area contributed by atoms with Gasteiger partial charge in [-0.15, -0.1) is 0 Å². The summed E-state index contributed by atoms with van der Waals surface area (Å²) in [5, 5.41) is 0. The molecular weight excluding hydrogens is 513 g/mol. The van der Waals surface area contributed by atoms with Gasteiger partial charge in [-0.3, -0.25) is 0 Å². The lowest BCUT2D eigenvalue weighted by molar-refractivity contribution is 0.250. The zero-order valence-electron chi connectivity index (χ0n) is 24.7. The van der Waals surface area contributed by atoms with Crippen LogP contribution in [0.25, 0.3) is 0 Å². The number of hydrogen-bond acceptors (Lipinski definition) is 4. The maximum absolute atomic E-state index is 7.33. The first-order chi connectivity index (χ1) is 17.1. The van der Waals surface area contributed by atoms with Crippen molar-refractivity contribution >= 4 is 34.2 Å². The number of rotatable bonds is 16. The van der Waals surface area contributed by atoms with Crippen LogP contribution in [0, 0.1) is 0 Å². The summed E-state index contributed by atoms with van der Waals surface area (Å²) in [6.07, 6.45) is 22.7. The molecular formula is C28H56O4Si4. The van der Waals surface area contributed by atoms with E-state index in [0.717, 1.165) is 25.7 Å². The maximum Gasteiger partial charge on any atom is 0.374 e. The Kier molecular flexibility index (Phi) is 16.2. The second kappa shape index (κ2) is 17.3. The van der Waals surface area contributed by atoms with E-state index in [9.17, 15) is 0 Å². The van der Waals surface area contributed by atoms with E-state index in [1.54, 1.807) is 0 Å². The highest BCUT2D eigenvalue weighted by molar-refractivity contribution is 6.99. The van der Waals surface area contributed by atoms with Crippen LogP contribution in [-0.2, 0) is 16.5 Å². The van der Waals surface area contributed by atoms with Crippen molar-refractivity contribution in [3.8, 4) is 0 Å². The summed E-state index contributed by atoms with van der Waals surface area (Å²) in [6.45, 7) is 17.5. The average Bonchev–Trinajstić information content (AvgIpc) is 2.78. The van der Waals surface area contributed by atoms with Gasteiger partial charge in [0, 0.05) is 0 Å². The van der Waals surface area contributed by atoms with Crippen molar-refractivity contribution in [2.24, 2.45) is 0 Å². The number of allylic oxidation sites excluding steroid dienone is 4. The van der Waals surface area contributed by atoms with Crippen molar-refractivity contribution in [1.29, 1.82) is 0 Å². The summed E-state index contributed by atoms with van der Waals surface area (Å²) >= 11 is 0. The van der Waals surface area contributed by atoms with E-state index in [0.29, 0.717) is 0 Å². The molecule has 36 heavy (non-hydrogen) atoms. The lowest BCUT2D eigenvalue weighted by Crippen LogP contribution is -2.66. The molecule has 4 nitrogen and oxygen atoms in total. The van der Waals surface area contributed by atoms with Crippen LogP contribution >= 0.6 is 0 Å². The standard InChI is InChI=1S/C28H56O4Si4/c1-9-13-17-21-25-35(26-22-18-14-10-2)30-33(5,6)29-34(7,8)31-36(32-35,27-23-19-15-11-3)28-24-20-16-12-4/h21-28H,9-20H2,1-8H3/b25-21+,26-22+,27-23+,28-24+. The molecule has 0 amide bonds. The minimum absolute atomic E-state index is 1.04. The monoisotopic (exact) mass is 568 g/mol. The molecule has 0 bridgehead atoms. The Balaban J connectivity index is 3.62. The molecule has 1 aliphatic rings. The van der Waals surface area contributed by atoms with Crippen LogP contribution in [0.15, 0.2) is 47.1 Å². The Labute approximate surface area is 228 Å². The van der Waals surface area contributed by atoms with E-state index in [1.807, 2.05) is 0 Å². The maximum atomic E-state index is 7.33. The largest absolute Gasteiger partial charge is 0.416 e. The fraction of sp³-hybridized carbons (Fsp3) is 0.714. The molecule has 1 aliphatic heterocycles. The second-order valence-electron chi connectivity index (χ2n) is 10.8. The SMILES string of the molecule is CCCC/C=C/[Si]1(/C=C/CCCC)O[Si](C)(C)O[Si](C)(C)O[Si](/C=C/CCCC)(/C=C/CCCC)O1. The highest BCUT2D eigenvalue weighted by atomic mass is 28.5. The van der Waals surface area contributed by atoms with Crippen LogP contribution in [0.5, 0.6) is 0 Å². The molecule has 1 saturated heterocycles. The lowest BCUT2D eigenvalue weighted by atomic mass is 10.2. The van der Waals surface area contributed by atoms with E-state index in [1.165, 1.54) is 51.4 Å². The van der Waals surface area contributed by atoms with E-state index in [-0.39, 0.29) is 0 Å². The van der Waals surface area contributed by atoms with Crippen molar-refractivity contribution in [1.82, 2.24) is 0 Å². The minimum Gasteiger partial charge on any atom is -0.416 e. The average molecular weight is 569 g/mol. The molecule has 0 radical (unpaired) electrons. The zero-order chi connectivity index (χ0) is 27.0. The molecule has 0 N–H and O–H groups in total. The molecule has 0 aromatic carbocycles. The Morgan fingerprint density at radius 2 is 0.694 bits per heavy atom. The minimum atomic E-state index is -2.90. The van der Waals surface area contributed by atoms with Gasteiger partial charge in [0.2, 0.25) is 0 Å². The van der Waals surface area contributed by atoms with Crippen molar-refractivity contribution in [2.45, 2.75) is 131 Å². The van der Waals surface area contributed by atoms with Crippen molar-refractivity contribution in [3.63, 3.8) is 0 Å². The lowest BCUT2D eigenvalue weighted by Gasteiger charge is -2.47. The van der Waals surface area contributed by atoms with Crippen LogP contribution in [0.2, 0.25) is 26.2 Å². The predicted octanol–water partition coefficient (Wildman–Crippen LogP) is 9.50. The van der Waals surface area contributed by atoms with Crippen molar-refractivity contribution in [3.05, 3.63) is 47.1 Å². The quantitative estimate of drug-likeness (QED) is 0.137. The molecule has 0 aliphatic carbocycles. The Hall–Kier alpha value is -0.332. The van der Waals surface area contributed by atoms with E-state index < -0.39 is 34.2 Å². The molecule has 1 fully saturated rings. The predicted molar refractivity (Wildman–Crippen MR) is 165 cm³/mol. The first-order valence-corrected chi connectivity index (χ1v) is 24.2. The molecule has 0 aromatic heterocycles. The molecule has 208 valence electrons. The third-order valence-electron chi connectivity index (χ3n) is 5.92. The first-order valence-electron chi connectivity index (χ1n) is 14.6. The second-order valence-corrected chi connectivity index (χ2v) is 23.9. The van der Waals surface area contributed by atoms with E-state index >= 15 is 0 Å². The fourth-order valence-corrected chi connectivity index (χ4v) is 23.8. The van der Waals surface area contributed by atoms with Gasteiger partial charge in [-0.2, -0.15) is 0 Å². The smallest absolute Gasteiger partial charge is 0.374 e. The van der Waals surface area contributed by atoms with Gasteiger partial charge < -0.3 is 16.5 Å². The van der Waals surface area contributed by atoms with Crippen LogP contribution in [0.4, 0.5) is 0 Å². The Morgan fingerprint density at radius 3 is 0.944 bits per heavy atom. The molecule has 1 heterocycles. The van der Waals surface area contributed by atoms with Gasteiger partial charge in [0.15, 0.2) is 0 Å². The molecule has 0 spiro atoms. The molecule has 0 saturated carbocycles. The Bertz CT molecular complexity index is 622. The van der Waals surface area contributed by atoms with Gasteiger partial charge >= 0.3 is 34.2 Å². The summed E-state index contributed by atoms with van der Waals surface area (Å²) in [5.41, 5.74) is 9.09. The number of unbranched alkanes of at least 4 members (excludes halogenated alkanes) is 8. The van der Waals surface area contributed by atoms with Crippen LogP contribution < -0.4 is 0 Å².